The topological polar surface area (TPSA) is 96.6 Å². The van der Waals surface area contributed by atoms with Crippen molar-refractivity contribution in [1.29, 1.82) is 5.41 Å². The van der Waals surface area contributed by atoms with Gasteiger partial charge in [0.15, 0.2) is 17.3 Å². The highest BCUT2D eigenvalue weighted by Crippen LogP contribution is 2.38. The molecular formula is C27H29ClN4O4S. The predicted molar refractivity (Wildman–Crippen MR) is 149 cm³/mol. The van der Waals surface area contributed by atoms with Crippen LogP contribution in [0.5, 0.6) is 17.2 Å². The molecule has 194 valence electrons. The van der Waals surface area contributed by atoms with Gasteiger partial charge in [-0.15, -0.1) is 0 Å². The van der Waals surface area contributed by atoms with Crippen molar-refractivity contribution in [3.05, 3.63) is 58.1 Å². The fourth-order valence-corrected chi connectivity index (χ4v) is 4.83. The molecule has 1 amide bonds. The van der Waals surface area contributed by atoms with Crippen molar-refractivity contribution in [2.75, 3.05) is 20.3 Å². The lowest BCUT2D eigenvalue weighted by Gasteiger charge is -2.20. The zero-order valence-corrected chi connectivity index (χ0v) is 22.8. The van der Waals surface area contributed by atoms with Crippen molar-refractivity contribution in [2.45, 2.75) is 39.5 Å². The van der Waals surface area contributed by atoms with E-state index >= 15 is 0 Å². The third kappa shape index (κ3) is 5.99. The maximum atomic E-state index is 12.6. The van der Waals surface area contributed by atoms with Crippen LogP contribution in [0.25, 0.3) is 6.08 Å². The first kappa shape index (κ1) is 26.8. The molecule has 0 aromatic heterocycles. The van der Waals surface area contributed by atoms with Gasteiger partial charge in [-0.3, -0.25) is 10.2 Å². The zero-order chi connectivity index (χ0) is 26.5. The van der Waals surface area contributed by atoms with E-state index in [4.69, 9.17) is 31.2 Å². The molecule has 37 heavy (non-hydrogen) atoms. The summed E-state index contributed by atoms with van der Waals surface area (Å²) in [5.74, 6) is 1.53. The molecule has 0 radical (unpaired) electrons. The fraction of sp³-hybridized carbons (Fsp3) is 0.333. The van der Waals surface area contributed by atoms with E-state index in [1.807, 2.05) is 19.1 Å². The molecule has 2 aliphatic heterocycles. The number of amidine groups is 2. The Balaban J connectivity index is 1.43. The zero-order valence-electron chi connectivity index (χ0n) is 21.2. The number of aliphatic imine (C=N–C) groups is 1. The van der Waals surface area contributed by atoms with E-state index in [9.17, 15) is 4.79 Å². The van der Waals surface area contributed by atoms with Gasteiger partial charge in [0, 0.05) is 0 Å². The summed E-state index contributed by atoms with van der Waals surface area (Å²) < 4.78 is 17.2. The average molecular weight is 541 g/mol. The van der Waals surface area contributed by atoms with Crippen LogP contribution in [0, 0.1) is 5.41 Å². The first-order chi connectivity index (χ1) is 17.8. The fourth-order valence-electron chi connectivity index (χ4n) is 3.74. The number of carbonyl (C=O) groups excluding carboxylic acids is 1. The molecule has 0 spiro atoms. The lowest BCUT2D eigenvalue weighted by Crippen LogP contribution is -2.35. The van der Waals surface area contributed by atoms with Crippen molar-refractivity contribution in [2.24, 2.45) is 10.1 Å². The van der Waals surface area contributed by atoms with Crippen LogP contribution in [0.15, 0.2) is 52.1 Å². The molecule has 0 fully saturated rings. The molecule has 4 rings (SSSR count). The number of rotatable bonds is 10. The molecule has 0 bridgehead atoms. The summed E-state index contributed by atoms with van der Waals surface area (Å²) >= 11 is 7.81. The summed E-state index contributed by atoms with van der Waals surface area (Å²) in [6.07, 6.45) is 3.34. The molecule has 0 saturated carbocycles. The van der Waals surface area contributed by atoms with E-state index in [-0.39, 0.29) is 18.0 Å². The van der Waals surface area contributed by atoms with Gasteiger partial charge in [-0.1, -0.05) is 44.5 Å². The van der Waals surface area contributed by atoms with Crippen molar-refractivity contribution >= 4 is 51.4 Å². The van der Waals surface area contributed by atoms with Crippen LogP contribution in [0.3, 0.4) is 0 Å². The summed E-state index contributed by atoms with van der Waals surface area (Å²) in [5, 5.41) is 15.7. The largest absolute Gasteiger partial charge is 0.493 e. The summed E-state index contributed by atoms with van der Waals surface area (Å²) in [7, 11) is 1.51. The van der Waals surface area contributed by atoms with Crippen LogP contribution in [-0.2, 0) is 4.79 Å². The molecular weight excluding hydrogens is 512 g/mol. The highest BCUT2D eigenvalue weighted by Gasteiger charge is 2.35. The molecule has 1 N–H and O–H groups in total. The molecule has 0 saturated heterocycles. The number of methoxy groups -OCH3 is 1. The number of hydrazone groups is 1. The van der Waals surface area contributed by atoms with Crippen molar-refractivity contribution in [1.82, 2.24) is 5.01 Å². The number of thioether (sulfide) groups is 1. The Bertz CT molecular complexity index is 1290. The van der Waals surface area contributed by atoms with Crippen LogP contribution in [0.1, 0.15) is 50.7 Å². The summed E-state index contributed by atoms with van der Waals surface area (Å²) in [5.41, 5.74) is 1.97. The van der Waals surface area contributed by atoms with Gasteiger partial charge in [-0.2, -0.15) is 15.1 Å². The van der Waals surface area contributed by atoms with Gasteiger partial charge in [0.1, 0.15) is 24.0 Å². The van der Waals surface area contributed by atoms with E-state index < -0.39 is 5.91 Å². The van der Waals surface area contributed by atoms with E-state index in [0.717, 1.165) is 17.2 Å². The SMILES string of the molecule is CCC1=NN2C(=N)/C(=C\c3cc(Cl)c(OCCOc4ccc(C(C)CC)cc4)c(OC)c3)C(=O)N=C2S1. The Kier molecular flexibility index (Phi) is 8.56. The normalized spacial score (nSPS) is 16.9. The molecule has 2 heterocycles. The van der Waals surface area contributed by atoms with E-state index in [1.165, 1.54) is 29.4 Å². The summed E-state index contributed by atoms with van der Waals surface area (Å²) in [6, 6.07) is 11.4. The number of carbonyl (C=O) groups is 1. The summed E-state index contributed by atoms with van der Waals surface area (Å²) in [6.45, 7) is 6.92. The predicted octanol–water partition coefficient (Wildman–Crippen LogP) is 6.35. The molecule has 8 nitrogen and oxygen atoms in total. The van der Waals surface area contributed by atoms with Gasteiger partial charge >= 0.3 is 0 Å². The van der Waals surface area contributed by atoms with Gasteiger partial charge in [0.25, 0.3) is 5.91 Å². The molecule has 0 aliphatic carbocycles. The number of amides is 1. The Hall–Kier alpha value is -3.30. The average Bonchev–Trinajstić information content (AvgIpc) is 3.32. The molecule has 2 aromatic rings. The number of hydrogen-bond acceptors (Lipinski definition) is 7. The quantitative estimate of drug-likeness (QED) is 0.278. The number of ether oxygens (including phenoxy) is 3. The van der Waals surface area contributed by atoms with Gasteiger partial charge in [0.2, 0.25) is 5.17 Å². The Labute approximate surface area is 225 Å². The monoisotopic (exact) mass is 540 g/mol. The van der Waals surface area contributed by atoms with Crippen molar-refractivity contribution < 1.29 is 19.0 Å². The maximum absolute atomic E-state index is 12.6. The minimum atomic E-state index is -0.499. The van der Waals surface area contributed by atoms with Gasteiger partial charge in [0.05, 0.1) is 17.7 Å². The lowest BCUT2D eigenvalue weighted by molar-refractivity contribution is -0.114. The van der Waals surface area contributed by atoms with Crippen LogP contribution < -0.4 is 14.2 Å². The second-order valence-electron chi connectivity index (χ2n) is 8.48. The first-order valence-electron chi connectivity index (χ1n) is 12.1. The van der Waals surface area contributed by atoms with Crippen LogP contribution in [0.4, 0.5) is 0 Å². The third-order valence-corrected chi connectivity index (χ3v) is 7.36. The third-order valence-electron chi connectivity index (χ3n) is 6.02. The summed E-state index contributed by atoms with van der Waals surface area (Å²) in [4.78, 5) is 16.7. The van der Waals surface area contributed by atoms with Gasteiger partial charge in [-0.25, -0.2) is 0 Å². The van der Waals surface area contributed by atoms with Crippen LogP contribution >= 0.6 is 23.4 Å². The van der Waals surface area contributed by atoms with Gasteiger partial charge < -0.3 is 14.2 Å². The maximum Gasteiger partial charge on any atom is 0.283 e. The second kappa shape index (κ2) is 11.8. The van der Waals surface area contributed by atoms with Crippen molar-refractivity contribution in [3.63, 3.8) is 0 Å². The minimum Gasteiger partial charge on any atom is -0.493 e. The number of halogens is 1. The number of fused-ring (bicyclic) bond motifs is 1. The van der Waals surface area contributed by atoms with E-state index in [0.29, 0.717) is 46.2 Å². The lowest BCUT2D eigenvalue weighted by atomic mass is 9.99. The second-order valence-corrected chi connectivity index (χ2v) is 9.92. The molecule has 10 heteroatoms. The van der Waals surface area contributed by atoms with Crippen LogP contribution in [-0.4, -0.2) is 47.3 Å². The Morgan fingerprint density at radius 1 is 1.16 bits per heavy atom. The number of nitrogens with one attached hydrogen (secondary N) is 1. The molecule has 1 unspecified atom stereocenters. The molecule has 2 aliphatic rings. The highest BCUT2D eigenvalue weighted by atomic mass is 35.5. The minimum absolute atomic E-state index is 0.0318. The first-order valence-corrected chi connectivity index (χ1v) is 13.3. The number of hydrogen-bond donors (Lipinski definition) is 1. The Morgan fingerprint density at radius 2 is 1.89 bits per heavy atom. The standard InChI is InChI=1S/C27H29ClN4O4S/c1-5-16(3)18-7-9-19(10-8-18)35-11-12-36-24-21(28)14-17(15-22(24)34-4)13-20-25(29)32-27(30-26(20)33)37-23(6-2)31-32/h7-10,13-16,29H,5-6,11-12H2,1-4H3/b20-13+,29-25?. The number of nitrogens with zero attached hydrogens (tertiary/aromatic N) is 3. The number of benzene rings is 2. The van der Waals surface area contributed by atoms with E-state index in [1.54, 1.807) is 18.2 Å². The smallest absolute Gasteiger partial charge is 0.283 e. The Morgan fingerprint density at radius 3 is 2.57 bits per heavy atom. The molecule has 1 atom stereocenters. The molecule has 2 aromatic carbocycles. The van der Waals surface area contributed by atoms with Crippen molar-refractivity contribution in [3.8, 4) is 17.2 Å². The van der Waals surface area contributed by atoms with Gasteiger partial charge in [-0.05, 0) is 72.0 Å². The highest BCUT2D eigenvalue weighted by molar-refractivity contribution is 8.26. The van der Waals surface area contributed by atoms with E-state index in [2.05, 4.69) is 36.1 Å². The van der Waals surface area contributed by atoms with Crippen LogP contribution in [0.2, 0.25) is 5.02 Å².